The number of benzene rings is 3. The fourth-order valence-electron chi connectivity index (χ4n) is 4.15. The van der Waals surface area contributed by atoms with Crippen LogP contribution in [-0.2, 0) is 32.3 Å². The fourth-order valence-corrected chi connectivity index (χ4v) is 5.58. The number of nitrogens with one attached hydrogen (secondary N) is 1. The SMILES string of the molecule is Cc1cccc(CN(C(=O)CN(c2cccc(C(F)(F)F)c2)S(=O)(=O)c2ccccc2)[C@@H](C)C(=O)NC(C)(C)C)c1. The van der Waals surface area contributed by atoms with Crippen molar-refractivity contribution in [3.05, 3.63) is 95.6 Å². The van der Waals surface area contributed by atoms with Crippen LogP contribution in [0.4, 0.5) is 18.9 Å². The fraction of sp³-hybridized carbons (Fsp3) is 0.333. The highest BCUT2D eigenvalue weighted by atomic mass is 32.2. The largest absolute Gasteiger partial charge is 0.416 e. The molecule has 0 spiro atoms. The van der Waals surface area contributed by atoms with Gasteiger partial charge in [0.2, 0.25) is 11.8 Å². The molecule has 3 aromatic rings. The number of hydrogen-bond donors (Lipinski definition) is 1. The lowest BCUT2D eigenvalue weighted by molar-refractivity contribution is -0.140. The molecule has 1 N–H and O–H groups in total. The first-order valence-electron chi connectivity index (χ1n) is 12.9. The maximum Gasteiger partial charge on any atom is 0.416 e. The topological polar surface area (TPSA) is 86.8 Å². The van der Waals surface area contributed by atoms with Crippen LogP contribution >= 0.6 is 0 Å². The van der Waals surface area contributed by atoms with Gasteiger partial charge in [-0.2, -0.15) is 13.2 Å². The summed E-state index contributed by atoms with van der Waals surface area (Å²) in [5, 5.41) is 2.83. The van der Waals surface area contributed by atoms with Crippen molar-refractivity contribution in [3.8, 4) is 0 Å². The average Bonchev–Trinajstić information content (AvgIpc) is 2.89. The summed E-state index contributed by atoms with van der Waals surface area (Å²) in [5.74, 6) is -1.23. The Labute approximate surface area is 239 Å². The third-order valence-electron chi connectivity index (χ3n) is 6.17. The van der Waals surface area contributed by atoms with E-state index in [1.54, 1.807) is 39.0 Å². The molecule has 2 amide bonds. The standard InChI is InChI=1S/C30H34F3N3O4S/c1-21-11-9-12-23(17-21)19-35(22(2)28(38)34-29(3,4)5)27(37)20-36(41(39,40)26-15-7-6-8-16-26)25-14-10-13-24(18-25)30(31,32)33/h6-18,22H,19-20H2,1-5H3,(H,34,38)/t22-/m0/s1. The Morgan fingerprint density at radius 1 is 0.902 bits per heavy atom. The van der Waals surface area contributed by atoms with Gasteiger partial charge < -0.3 is 10.2 Å². The van der Waals surface area contributed by atoms with Crippen LogP contribution in [0, 0.1) is 6.92 Å². The third-order valence-corrected chi connectivity index (χ3v) is 7.96. The van der Waals surface area contributed by atoms with E-state index in [0.29, 0.717) is 15.9 Å². The smallest absolute Gasteiger partial charge is 0.350 e. The first kappa shape index (κ1) is 31.7. The Bertz CT molecular complexity index is 1490. The molecule has 3 aromatic carbocycles. The average molecular weight is 590 g/mol. The highest BCUT2D eigenvalue weighted by Crippen LogP contribution is 2.33. The minimum Gasteiger partial charge on any atom is -0.350 e. The minimum atomic E-state index is -4.74. The van der Waals surface area contributed by atoms with Gasteiger partial charge in [0, 0.05) is 12.1 Å². The van der Waals surface area contributed by atoms with Gasteiger partial charge in [0.15, 0.2) is 0 Å². The number of nitrogens with zero attached hydrogens (tertiary/aromatic N) is 2. The molecule has 0 aliphatic rings. The van der Waals surface area contributed by atoms with E-state index in [-0.39, 0.29) is 17.1 Å². The van der Waals surface area contributed by atoms with Gasteiger partial charge in [-0.15, -0.1) is 0 Å². The van der Waals surface area contributed by atoms with Gasteiger partial charge in [-0.05, 0) is 70.5 Å². The van der Waals surface area contributed by atoms with Crippen LogP contribution in [0.3, 0.4) is 0 Å². The quantitative estimate of drug-likeness (QED) is 0.355. The lowest BCUT2D eigenvalue weighted by atomic mass is 10.1. The molecular formula is C30H34F3N3O4S. The number of carbonyl (C=O) groups excluding carboxylic acids is 2. The van der Waals surface area contributed by atoms with Crippen molar-refractivity contribution in [1.82, 2.24) is 10.2 Å². The van der Waals surface area contributed by atoms with Crippen molar-refractivity contribution in [3.63, 3.8) is 0 Å². The van der Waals surface area contributed by atoms with E-state index in [0.717, 1.165) is 17.7 Å². The second-order valence-electron chi connectivity index (χ2n) is 10.8. The van der Waals surface area contributed by atoms with E-state index in [4.69, 9.17) is 0 Å². The number of hydrogen-bond acceptors (Lipinski definition) is 4. The zero-order valence-corrected chi connectivity index (χ0v) is 24.4. The lowest BCUT2D eigenvalue weighted by Gasteiger charge is -2.33. The third kappa shape index (κ3) is 8.32. The molecule has 0 aromatic heterocycles. The first-order chi connectivity index (χ1) is 19.0. The summed E-state index contributed by atoms with van der Waals surface area (Å²) in [7, 11) is -4.48. The van der Waals surface area contributed by atoms with Crippen molar-refractivity contribution in [2.45, 2.75) is 63.8 Å². The normalized spacial score (nSPS) is 12.9. The number of alkyl halides is 3. The van der Waals surface area contributed by atoms with Gasteiger partial charge in [0.05, 0.1) is 16.1 Å². The summed E-state index contributed by atoms with van der Waals surface area (Å²) in [5.41, 5.74) is -0.391. The molecule has 220 valence electrons. The molecule has 0 unspecified atom stereocenters. The van der Waals surface area contributed by atoms with Crippen LogP contribution in [0.1, 0.15) is 44.4 Å². The van der Waals surface area contributed by atoms with Crippen LogP contribution in [0.25, 0.3) is 0 Å². The highest BCUT2D eigenvalue weighted by Gasteiger charge is 2.35. The van der Waals surface area contributed by atoms with E-state index >= 15 is 0 Å². The van der Waals surface area contributed by atoms with Crippen molar-refractivity contribution >= 4 is 27.5 Å². The second kappa shape index (κ2) is 12.3. The van der Waals surface area contributed by atoms with Crippen LogP contribution in [-0.4, -0.2) is 43.3 Å². The molecule has 11 heteroatoms. The molecule has 0 bridgehead atoms. The van der Waals surface area contributed by atoms with Crippen LogP contribution in [0.15, 0.2) is 83.8 Å². The molecule has 3 rings (SSSR count). The number of amides is 2. The molecule has 0 radical (unpaired) electrons. The van der Waals surface area contributed by atoms with E-state index in [2.05, 4.69) is 5.32 Å². The predicted molar refractivity (Wildman–Crippen MR) is 152 cm³/mol. The maximum absolute atomic E-state index is 13.9. The van der Waals surface area contributed by atoms with Crippen molar-refractivity contribution in [2.24, 2.45) is 0 Å². The van der Waals surface area contributed by atoms with Crippen LogP contribution < -0.4 is 9.62 Å². The highest BCUT2D eigenvalue weighted by molar-refractivity contribution is 7.92. The summed E-state index contributed by atoms with van der Waals surface area (Å²) in [4.78, 5) is 28.1. The monoisotopic (exact) mass is 589 g/mol. The molecule has 41 heavy (non-hydrogen) atoms. The zero-order chi connectivity index (χ0) is 30.6. The van der Waals surface area contributed by atoms with Crippen molar-refractivity contribution < 1.29 is 31.2 Å². The summed E-state index contributed by atoms with van der Waals surface area (Å²) >= 11 is 0. The number of sulfonamides is 1. The van der Waals surface area contributed by atoms with Gasteiger partial charge >= 0.3 is 6.18 Å². The number of aryl methyl sites for hydroxylation is 1. The number of anilines is 1. The Kier molecular flexibility index (Phi) is 9.53. The number of carbonyl (C=O) groups is 2. The van der Waals surface area contributed by atoms with E-state index in [1.807, 2.05) is 19.1 Å². The maximum atomic E-state index is 13.9. The Hall–Kier alpha value is -3.86. The number of rotatable bonds is 9. The molecule has 7 nitrogen and oxygen atoms in total. The lowest BCUT2D eigenvalue weighted by Crippen LogP contribution is -2.54. The molecule has 0 saturated heterocycles. The van der Waals surface area contributed by atoms with Gasteiger partial charge in [0.1, 0.15) is 12.6 Å². The van der Waals surface area contributed by atoms with Crippen molar-refractivity contribution in [2.75, 3.05) is 10.8 Å². The predicted octanol–water partition coefficient (Wildman–Crippen LogP) is 5.54. The summed E-state index contributed by atoms with van der Waals surface area (Å²) in [6.07, 6.45) is -4.74. The second-order valence-corrected chi connectivity index (χ2v) is 12.7. The molecule has 0 saturated carbocycles. The summed E-state index contributed by atoms with van der Waals surface area (Å²) in [6.45, 7) is 7.88. The zero-order valence-electron chi connectivity index (χ0n) is 23.6. The summed E-state index contributed by atoms with van der Waals surface area (Å²) in [6, 6.07) is 17.2. The van der Waals surface area contributed by atoms with E-state index in [1.165, 1.54) is 42.2 Å². The van der Waals surface area contributed by atoms with E-state index in [9.17, 15) is 31.2 Å². The van der Waals surface area contributed by atoms with Crippen LogP contribution in [0.2, 0.25) is 0 Å². The molecular weight excluding hydrogens is 555 g/mol. The van der Waals surface area contributed by atoms with Crippen molar-refractivity contribution in [1.29, 1.82) is 0 Å². The Morgan fingerprint density at radius 2 is 1.54 bits per heavy atom. The molecule has 1 atom stereocenters. The van der Waals surface area contributed by atoms with Gasteiger partial charge in [0.25, 0.3) is 10.0 Å². The molecule has 0 heterocycles. The summed E-state index contributed by atoms with van der Waals surface area (Å²) < 4.78 is 68.8. The molecule has 0 fully saturated rings. The molecule has 0 aliphatic heterocycles. The van der Waals surface area contributed by atoms with Gasteiger partial charge in [-0.3, -0.25) is 13.9 Å². The van der Waals surface area contributed by atoms with Crippen LogP contribution in [0.5, 0.6) is 0 Å². The van der Waals surface area contributed by atoms with E-state index < -0.39 is 51.7 Å². The van der Waals surface area contributed by atoms with Gasteiger partial charge in [-0.1, -0.05) is 54.1 Å². The molecule has 0 aliphatic carbocycles. The Balaban J connectivity index is 2.09. The number of halogens is 3. The van der Waals surface area contributed by atoms with Gasteiger partial charge in [-0.25, -0.2) is 8.42 Å². The Morgan fingerprint density at radius 3 is 2.12 bits per heavy atom. The first-order valence-corrected chi connectivity index (χ1v) is 14.3. The minimum absolute atomic E-state index is 0.0267.